The van der Waals surface area contributed by atoms with Gasteiger partial charge in [0.25, 0.3) is 5.92 Å². The lowest BCUT2D eigenvalue weighted by Crippen LogP contribution is -2.61. The fourth-order valence-electron chi connectivity index (χ4n) is 3.20. The molecule has 0 atom stereocenters. The van der Waals surface area contributed by atoms with Crippen molar-refractivity contribution < 1.29 is 26.7 Å². The molecular weight excluding hydrogens is 339 g/mol. The van der Waals surface area contributed by atoms with Gasteiger partial charge in [0, 0.05) is 12.5 Å². The smallest absolute Gasteiger partial charge is 0.378 e. The Balaban J connectivity index is 6.07. The largest absolute Gasteiger partial charge is 0.399 e. The first kappa shape index (κ1) is 24.6. The topological polar surface area (TPSA) is 9.23 Å². The lowest BCUT2D eigenvalue weighted by atomic mass is 9.53. The highest BCUT2D eigenvalue weighted by Crippen LogP contribution is 2.63. The van der Waals surface area contributed by atoms with Crippen molar-refractivity contribution in [2.75, 3.05) is 7.11 Å². The van der Waals surface area contributed by atoms with Crippen LogP contribution in [0.3, 0.4) is 0 Å². The molecule has 0 radical (unpaired) electrons. The van der Waals surface area contributed by atoms with Gasteiger partial charge in [-0.3, -0.25) is 0 Å². The maximum absolute atomic E-state index is 15.2. The number of rotatable bonds is 7. The molecule has 0 aromatic rings. The van der Waals surface area contributed by atoms with Crippen molar-refractivity contribution in [1.29, 1.82) is 0 Å². The first-order valence-electron chi connectivity index (χ1n) is 8.51. The van der Waals surface area contributed by atoms with Crippen LogP contribution in [0.5, 0.6) is 0 Å². The van der Waals surface area contributed by atoms with Crippen molar-refractivity contribution in [3.8, 4) is 0 Å². The Labute approximate surface area is 149 Å². The van der Waals surface area contributed by atoms with E-state index in [4.69, 9.17) is 4.74 Å². The van der Waals surface area contributed by atoms with E-state index in [0.717, 1.165) is 0 Å². The molecule has 0 aromatic heterocycles. The Bertz CT molecular complexity index is 471. The summed E-state index contributed by atoms with van der Waals surface area (Å²) >= 11 is 0. The minimum Gasteiger partial charge on any atom is -0.378 e. The normalized spacial score (nSPS) is 16.3. The molecule has 0 rings (SSSR count). The number of hydrogen-bond donors (Lipinski definition) is 0. The second-order valence-corrected chi connectivity index (χ2v) is 9.98. The highest BCUT2D eigenvalue weighted by atomic mass is 19.4. The summed E-state index contributed by atoms with van der Waals surface area (Å²) < 4.78 is 75.8. The molecule has 0 heterocycles. The zero-order valence-electron chi connectivity index (χ0n) is 17.5. The van der Waals surface area contributed by atoms with E-state index in [1.165, 1.54) is 13.8 Å². The minimum absolute atomic E-state index is 0.275. The standard InChI is InChI=1S/C19H35F5O/c1-13(2,12-14(3,4)17(9,10)25-11)15(5,6)18(20,21)16(7,8)19(22,23)24/h12H2,1-11H3. The Morgan fingerprint density at radius 2 is 0.960 bits per heavy atom. The van der Waals surface area contributed by atoms with Crippen LogP contribution in [0, 0.1) is 21.7 Å². The van der Waals surface area contributed by atoms with Crippen molar-refractivity contribution in [1.82, 2.24) is 0 Å². The average molecular weight is 374 g/mol. The first-order chi connectivity index (χ1) is 10.5. The summed E-state index contributed by atoms with van der Waals surface area (Å²) in [4.78, 5) is 0. The maximum Gasteiger partial charge on any atom is 0.399 e. The van der Waals surface area contributed by atoms with Crippen molar-refractivity contribution >= 4 is 0 Å². The average Bonchev–Trinajstić information content (AvgIpc) is 2.35. The molecule has 0 spiro atoms. The SMILES string of the molecule is COC(C)(C)C(C)(C)CC(C)(C)C(C)(C)C(F)(F)C(C)(C)C(F)(F)F. The summed E-state index contributed by atoms with van der Waals surface area (Å²) in [6, 6.07) is 0. The van der Waals surface area contributed by atoms with Gasteiger partial charge in [-0.05, 0) is 44.9 Å². The molecule has 0 fully saturated rings. The van der Waals surface area contributed by atoms with Crippen molar-refractivity contribution in [2.24, 2.45) is 21.7 Å². The van der Waals surface area contributed by atoms with Gasteiger partial charge in [-0.1, -0.05) is 41.5 Å². The van der Waals surface area contributed by atoms with Crippen molar-refractivity contribution in [3.05, 3.63) is 0 Å². The van der Waals surface area contributed by atoms with Crippen LogP contribution in [0.2, 0.25) is 0 Å². The van der Waals surface area contributed by atoms with Crippen LogP contribution >= 0.6 is 0 Å². The van der Waals surface area contributed by atoms with Crippen LogP contribution in [0.1, 0.15) is 75.7 Å². The Morgan fingerprint density at radius 1 is 0.600 bits per heavy atom. The molecule has 0 N–H and O–H groups in total. The van der Waals surface area contributed by atoms with Gasteiger partial charge < -0.3 is 4.74 Å². The molecule has 25 heavy (non-hydrogen) atoms. The van der Waals surface area contributed by atoms with Crippen LogP contribution in [-0.2, 0) is 4.74 Å². The lowest BCUT2D eigenvalue weighted by molar-refractivity contribution is -0.328. The maximum atomic E-state index is 15.2. The molecule has 6 heteroatoms. The van der Waals surface area contributed by atoms with E-state index in [1.807, 2.05) is 27.7 Å². The second-order valence-electron chi connectivity index (χ2n) is 9.98. The van der Waals surface area contributed by atoms with Crippen LogP contribution in [0.25, 0.3) is 0 Å². The van der Waals surface area contributed by atoms with Gasteiger partial charge in [-0.25, -0.2) is 8.78 Å². The number of alkyl halides is 5. The summed E-state index contributed by atoms with van der Waals surface area (Å²) in [5.74, 6) is -3.96. The first-order valence-corrected chi connectivity index (χ1v) is 8.51. The third-order valence-corrected chi connectivity index (χ3v) is 6.99. The molecule has 0 bridgehead atoms. The Morgan fingerprint density at radius 3 is 1.24 bits per heavy atom. The van der Waals surface area contributed by atoms with Gasteiger partial charge in [-0.2, -0.15) is 13.2 Å². The Hall–Kier alpha value is -0.390. The molecular formula is C19H35F5O. The van der Waals surface area contributed by atoms with Gasteiger partial charge in [0.2, 0.25) is 0 Å². The zero-order chi connectivity index (χ0) is 20.9. The Kier molecular flexibility index (Phi) is 6.25. The van der Waals surface area contributed by atoms with Crippen molar-refractivity contribution in [3.63, 3.8) is 0 Å². The van der Waals surface area contributed by atoms with E-state index in [2.05, 4.69) is 0 Å². The fourth-order valence-corrected chi connectivity index (χ4v) is 3.20. The second kappa shape index (κ2) is 6.35. The van der Waals surface area contributed by atoms with E-state index in [-0.39, 0.29) is 6.42 Å². The number of hydrogen-bond acceptors (Lipinski definition) is 1. The predicted molar refractivity (Wildman–Crippen MR) is 91.8 cm³/mol. The molecule has 0 aliphatic carbocycles. The molecule has 0 aliphatic rings. The van der Waals surface area contributed by atoms with E-state index >= 15 is 8.78 Å². The molecule has 0 aromatic carbocycles. The number of halogens is 5. The fraction of sp³-hybridized carbons (Fsp3) is 1.00. The van der Waals surface area contributed by atoms with Crippen LogP contribution in [0.4, 0.5) is 22.0 Å². The number of methoxy groups -OCH3 is 1. The van der Waals surface area contributed by atoms with E-state index in [0.29, 0.717) is 13.8 Å². The molecule has 1 nitrogen and oxygen atoms in total. The highest BCUT2D eigenvalue weighted by Gasteiger charge is 2.71. The van der Waals surface area contributed by atoms with Gasteiger partial charge in [0.1, 0.15) is 5.41 Å². The van der Waals surface area contributed by atoms with Gasteiger partial charge in [0.15, 0.2) is 0 Å². The van der Waals surface area contributed by atoms with Gasteiger partial charge in [-0.15, -0.1) is 0 Å². The van der Waals surface area contributed by atoms with E-state index < -0.39 is 39.4 Å². The highest BCUT2D eigenvalue weighted by molar-refractivity contribution is 5.07. The molecule has 152 valence electrons. The minimum atomic E-state index is -5.01. The third-order valence-electron chi connectivity index (χ3n) is 6.99. The quantitative estimate of drug-likeness (QED) is 0.432. The lowest BCUT2D eigenvalue weighted by Gasteiger charge is -2.55. The van der Waals surface area contributed by atoms with Crippen LogP contribution in [0.15, 0.2) is 0 Å². The molecule has 0 aliphatic heterocycles. The summed E-state index contributed by atoms with van der Waals surface area (Å²) in [7, 11) is 1.54. The molecule has 0 saturated heterocycles. The summed E-state index contributed by atoms with van der Waals surface area (Å²) in [6.45, 7) is 14.3. The summed E-state index contributed by atoms with van der Waals surface area (Å²) in [6.07, 6.45) is -4.73. The van der Waals surface area contributed by atoms with Crippen LogP contribution in [-0.4, -0.2) is 24.8 Å². The van der Waals surface area contributed by atoms with Gasteiger partial charge in [0.05, 0.1) is 5.60 Å². The monoisotopic (exact) mass is 374 g/mol. The summed E-state index contributed by atoms with van der Waals surface area (Å²) in [5.41, 5.74) is -7.27. The van der Waals surface area contributed by atoms with Crippen molar-refractivity contribution in [2.45, 2.75) is 93.4 Å². The zero-order valence-corrected chi connectivity index (χ0v) is 17.5. The predicted octanol–water partition coefficient (Wildman–Crippen LogP) is 7.10. The number of ether oxygens (including phenoxy) is 1. The summed E-state index contributed by atoms with van der Waals surface area (Å²) in [5, 5.41) is 0. The third kappa shape index (κ3) is 3.84. The van der Waals surface area contributed by atoms with E-state index in [9.17, 15) is 13.2 Å². The molecule has 0 amide bonds. The molecule has 0 saturated carbocycles. The molecule has 0 unspecified atom stereocenters. The van der Waals surface area contributed by atoms with Gasteiger partial charge >= 0.3 is 6.18 Å². The van der Waals surface area contributed by atoms with Crippen LogP contribution < -0.4 is 0 Å². The van der Waals surface area contributed by atoms with E-state index in [1.54, 1.807) is 21.0 Å².